The first kappa shape index (κ1) is 18.8. The number of aromatic amines is 1. The van der Waals surface area contributed by atoms with Crippen LogP contribution in [0.5, 0.6) is 0 Å². The van der Waals surface area contributed by atoms with E-state index in [0.29, 0.717) is 12.5 Å². The van der Waals surface area contributed by atoms with E-state index in [2.05, 4.69) is 40.3 Å². The molecule has 2 unspecified atom stereocenters. The fourth-order valence-electron chi connectivity index (χ4n) is 4.30. The number of carbonyl (C=O) groups is 1. The van der Waals surface area contributed by atoms with Crippen LogP contribution in [0.3, 0.4) is 0 Å². The Morgan fingerprint density at radius 1 is 1.21 bits per heavy atom. The third-order valence-electron chi connectivity index (χ3n) is 5.96. The first-order valence-electron chi connectivity index (χ1n) is 10.2. The van der Waals surface area contributed by atoms with Crippen molar-refractivity contribution >= 4 is 16.8 Å². The molecule has 4 rings (SSSR count). The summed E-state index contributed by atoms with van der Waals surface area (Å²) in [5, 5.41) is 4.34. The van der Waals surface area contributed by atoms with Crippen molar-refractivity contribution in [3.8, 4) is 0 Å². The molecule has 0 bridgehead atoms. The molecule has 0 fully saturated rings. The molecule has 2 atom stereocenters. The van der Waals surface area contributed by atoms with E-state index >= 15 is 0 Å². The minimum atomic E-state index is -0.0107. The summed E-state index contributed by atoms with van der Waals surface area (Å²) < 4.78 is 0. The smallest absolute Gasteiger partial charge is 0.251 e. The van der Waals surface area contributed by atoms with Crippen molar-refractivity contribution in [1.29, 1.82) is 0 Å². The second-order valence-corrected chi connectivity index (χ2v) is 8.29. The number of fused-ring (bicyclic) bond motifs is 3. The lowest BCUT2D eigenvalue weighted by molar-refractivity contribution is 0.0942. The second kappa shape index (κ2) is 7.80. The molecule has 4 heteroatoms. The number of benzene rings is 2. The monoisotopic (exact) mass is 375 g/mol. The molecule has 3 aromatic rings. The number of aryl methyl sites for hydroxylation is 1. The van der Waals surface area contributed by atoms with E-state index in [1.54, 1.807) is 0 Å². The highest BCUT2D eigenvalue weighted by Gasteiger charge is 2.21. The number of amides is 1. The molecule has 0 saturated heterocycles. The van der Waals surface area contributed by atoms with Crippen LogP contribution in [0.25, 0.3) is 10.9 Å². The number of carbonyl (C=O) groups excluding carboxylic acids is 1. The fraction of sp³-hybridized carbons (Fsp3) is 0.375. The maximum atomic E-state index is 12.9. The first-order chi connectivity index (χ1) is 13.5. The van der Waals surface area contributed by atoms with E-state index in [1.807, 2.05) is 44.4 Å². The van der Waals surface area contributed by atoms with E-state index in [9.17, 15) is 4.79 Å². The van der Waals surface area contributed by atoms with Crippen molar-refractivity contribution in [1.82, 2.24) is 15.2 Å². The maximum Gasteiger partial charge on any atom is 0.251 e. The summed E-state index contributed by atoms with van der Waals surface area (Å²) in [5.41, 5.74) is 5.84. The predicted molar refractivity (Wildman–Crippen MR) is 115 cm³/mol. The minimum Gasteiger partial charge on any atom is -0.358 e. The number of H-pyrrole nitrogens is 1. The summed E-state index contributed by atoms with van der Waals surface area (Å²) in [6.07, 6.45) is 3.43. The van der Waals surface area contributed by atoms with Gasteiger partial charge in [-0.05, 0) is 68.6 Å². The van der Waals surface area contributed by atoms with Crippen LogP contribution < -0.4 is 5.32 Å². The average Bonchev–Trinajstić information content (AvgIpc) is 3.05. The highest BCUT2D eigenvalue weighted by Crippen LogP contribution is 2.32. The summed E-state index contributed by atoms with van der Waals surface area (Å²) in [7, 11) is 4.09. The van der Waals surface area contributed by atoms with Gasteiger partial charge in [0, 0.05) is 28.7 Å². The topological polar surface area (TPSA) is 48.1 Å². The van der Waals surface area contributed by atoms with Crippen LogP contribution in [0.4, 0.5) is 0 Å². The van der Waals surface area contributed by atoms with E-state index in [-0.39, 0.29) is 11.9 Å². The van der Waals surface area contributed by atoms with Crippen LogP contribution in [0.1, 0.15) is 46.6 Å². The van der Waals surface area contributed by atoms with Gasteiger partial charge in [-0.2, -0.15) is 0 Å². The van der Waals surface area contributed by atoms with Crippen LogP contribution in [-0.2, 0) is 12.8 Å². The Hall–Kier alpha value is -2.59. The van der Waals surface area contributed by atoms with Crippen molar-refractivity contribution in [3.05, 3.63) is 70.9 Å². The van der Waals surface area contributed by atoms with E-state index in [1.165, 1.54) is 28.6 Å². The van der Waals surface area contributed by atoms with Gasteiger partial charge < -0.3 is 15.2 Å². The van der Waals surface area contributed by atoms with Crippen LogP contribution in [0.2, 0.25) is 0 Å². The molecule has 28 heavy (non-hydrogen) atoms. The maximum absolute atomic E-state index is 12.9. The van der Waals surface area contributed by atoms with Gasteiger partial charge in [-0.1, -0.05) is 37.3 Å². The highest BCUT2D eigenvalue weighted by molar-refractivity contribution is 5.99. The van der Waals surface area contributed by atoms with Crippen molar-refractivity contribution in [3.63, 3.8) is 0 Å². The molecule has 2 aromatic carbocycles. The van der Waals surface area contributed by atoms with Gasteiger partial charge in [0.1, 0.15) is 0 Å². The van der Waals surface area contributed by atoms with Crippen LogP contribution in [0.15, 0.2) is 48.5 Å². The molecule has 146 valence electrons. The van der Waals surface area contributed by atoms with Crippen LogP contribution >= 0.6 is 0 Å². The molecule has 0 saturated carbocycles. The standard InChI is InChI=1S/C24H29N3O/c1-16-9-11-21-19(13-16)20-14-18(10-12-22(20)26-21)24(28)25-15-23(27(2)3)17-7-5-4-6-8-17/h4-8,10,12,14,16,23,26H,9,11,13,15H2,1-3H3,(H,25,28). The Balaban J connectivity index is 1.53. The average molecular weight is 376 g/mol. The number of rotatable bonds is 5. The van der Waals surface area contributed by atoms with E-state index < -0.39 is 0 Å². The van der Waals surface area contributed by atoms with Crippen LogP contribution in [0, 0.1) is 5.92 Å². The molecule has 0 spiro atoms. The Labute approximate surface area is 166 Å². The summed E-state index contributed by atoms with van der Waals surface area (Å²) in [4.78, 5) is 18.6. The van der Waals surface area contributed by atoms with Crippen LogP contribution in [-0.4, -0.2) is 36.4 Å². The molecule has 1 amide bonds. The van der Waals surface area contributed by atoms with Gasteiger partial charge in [-0.15, -0.1) is 0 Å². The Morgan fingerprint density at radius 2 is 2.00 bits per heavy atom. The molecular weight excluding hydrogens is 346 g/mol. The third-order valence-corrected chi connectivity index (χ3v) is 5.96. The molecule has 1 aliphatic rings. The molecular formula is C24H29N3O. The van der Waals surface area contributed by atoms with Gasteiger partial charge in [0.25, 0.3) is 5.91 Å². The lowest BCUT2D eigenvalue weighted by Gasteiger charge is -2.25. The number of aromatic nitrogens is 1. The summed E-state index contributed by atoms with van der Waals surface area (Å²) in [5.74, 6) is 0.694. The normalized spacial score (nSPS) is 17.5. The third kappa shape index (κ3) is 3.69. The summed E-state index contributed by atoms with van der Waals surface area (Å²) in [6, 6.07) is 16.5. The van der Waals surface area contributed by atoms with Gasteiger partial charge in [0.15, 0.2) is 0 Å². The lowest BCUT2D eigenvalue weighted by Crippen LogP contribution is -2.34. The summed E-state index contributed by atoms with van der Waals surface area (Å²) >= 11 is 0. The van der Waals surface area contributed by atoms with Crippen molar-refractivity contribution in [2.24, 2.45) is 5.92 Å². The second-order valence-electron chi connectivity index (χ2n) is 8.29. The molecule has 1 aliphatic carbocycles. The first-order valence-corrected chi connectivity index (χ1v) is 10.2. The number of hydrogen-bond donors (Lipinski definition) is 2. The number of nitrogens with one attached hydrogen (secondary N) is 2. The summed E-state index contributed by atoms with van der Waals surface area (Å²) in [6.45, 7) is 2.89. The molecule has 2 N–H and O–H groups in total. The van der Waals surface area contributed by atoms with Crippen molar-refractivity contribution < 1.29 is 4.79 Å². The number of likely N-dealkylation sites (N-methyl/N-ethyl adjacent to an activating group) is 1. The molecule has 4 nitrogen and oxygen atoms in total. The van der Waals surface area contributed by atoms with Gasteiger partial charge >= 0.3 is 0 Å². The van der Waals surface area contributed by atoms with E-state index in [0.717, 1.165) is 23.9 Å². The molecule has 0 aliphatic heterocycles. The quantitative estimate of drug-likeness (QED) is 0.697. The number of hydrogen-bond acceptors (Lipinski definition) is 2. The lowest BCUT2D eigenvalue weighted by atomic mass is 9.87. The SMILES string of the molecule is CC1CCc2[nH]c3ccc(C(=O)NCC(c4ccccc4)N(C)C)cc3c2C1. The Morgan fingerprint density at radius 3 is 2.75 bits per heavy atom. The molecule has 0 radical (unpaired) electrons. The number of nitrogens with zero attached hydrogens (tertiary/aromatic N) is 1. The fourth-order valence-corrected chi connectivity index (χ4v) is 4.30. The molecule has 1 aromatic heterocycles. The zero-order valence-corrected chi connectivity index (χ0v) is 17.0. The van der Waals surface area contributed by atoms with Gasteiger partial charge in [-0.25, -0.2) is 0 Å². The van der Waals surface area contributed by atoms with Crippen molar-refractivity contribution in [2.75, 3.05) is 20.6 Å². The van der Waals surface area contributed by atoms with E-state index in [4.69, 9.17) is 0 Å². The predicted octanol–water partition coefficient (Wildman–Crippen LogP) is 4.33. The van der Waals surface area contributed by atoms with Gasteiger partial charge in [-0.3, -0.25) is 4.79 Å². The zero-order chi connectivity index (χ0) is 19.7. The Bertz CT molecular complexity index is 974. The Kier molecular flexibility index (Phi) is 5.23. The minimum absolute atomic E-state index is 0.0107. The zero-order valence-electron chi connectivity index (χ0n) is 17.0. The van der Waals surface area contributed by atoms with Gasteiger partial charge in [0.05, 0.1) is 6.04 Å². The van der Waals surface area contributed by atoms with Crippen molar-refractivity contribution in [2.45, 2.75) is 32.2 Å². The highest BCUT2D eigenvalue weighted by atomic mass is 16.1. The van der Waals surface area contributed by atoms with Gasteiger partial charge in [0.2, 0.25) is 0 Å². The molecule has 1 heterocycles. The largest absolute Gasteiger partial charge is 0.358 e.